The first-order valence-electron chi connectivity index (χ1n) is 6.75. The zero-order valence-electron chi connectivity index (χ0n) is 11.2. The van der Waals surface area contributed by atoms with Gasteiger partial charge in [0.05, 0.1) is 0 Å². The SMILES string of the molecule is CCCN(CCC)CCc1ccccc1C[NH]. The van der Waals surface area contributed by atoms with Gasteiger partial charge in [-0.05, 0) is 43.5 Å². The molecule has 95 valence electrons. The third-order valence-corrected chi connectivity index (χ3v) is 3.09. The zero-order valence-corrected chi connectivity index (χ0v) is 11.2. The summed E-state index contributed by atoms with van der Waals surface area (Å²) in [7, 11) is 0. The van der Waals surface area contributed by atoms with Crippen molar-refractivity contribution >= 4 is 0 Å². The molecule has 0 aromatic heterocycles. The van der Waals surface area contributed by atoms with Gasteiger partial charge in [0.15, 0.2) is 0 Å². The van der Waals surface area contributed by atoms with Gasteiger partial charge in [0.25, 0.3) is 0 Å². The number of rotatable bonds is 8. The van der Waals surface area contributed by atoms with Crippen LogP contribution in [0.1, 0.15) is 37.8 Å². The van der Waals surface area contributed by atoms with Crippen molar-refractivity contribution in [2.45, 2.75) is 39.7 Å². The largest absolute Gasteiger partial charge is 0.303 e. The number of benzene rings is 1. The molecule has 0 aliphatic rings. The summed E-state index contributed by atoms with van der Waals surface area (Å²) in [5.74, 6) is 0. The molecular formula is C15H25N2. The van der Waals surface area contributed by atoms with Crippen molar-refractivity contribution < 1.29 is 0 Å². The van der Waals surface area contributed by atoms with Gasteiger partial charge in [0.2, 0.25) is 0 Å². The highest BCUT2D eigenvalue weighted by Gasteiger charge is 2.05. The van der Waals surface area contributed by atoms with E-state index >= 15 is 0 Å². The topological polar surface area (TPSA) is 27.0 Å². The van der Waals surface area contributed by atoms with Crippen LogP contribution in [-0.2, 0) is 13.0 Å². The van der Waals surface area contributed by atoms with E-state index in [9.17, 15) is 0 Å². The minimum atomic E-state index is 0.401. The van der Waals surface area contributed by atoms with E-state index in [4.69, 9.17) is 5.73 Å². The average Bonchev–Trinajstić information content (AvgIpc) is 2.37. The van der Waals surface area contributed by atoms with Crippen LogP contribution >= 0.6 is 0 Å². The van der Waals surface area contributed by atoms with E-state index in [0.717, 1.165) is 13.0 Å². The molecule has 0 fully saturated rings. The lowest BCUT2D eigenvalue weighted by atomic mass is 10.0. The predicted molar refractivity (Wildman–Crippen MR) is 74.0 cm³/mol. The standard InChI is InChI=1S/C15H25N2/c1-3-10-17(11-4-2)12-9-14-7-5-6-8-15(14)13-16/h5-8,16H,3-4,9-13H2,1-2H3. The van der Waals surface area contributed by atoms with Crippen molar-refractivity contribution in [3.8, 4) is 0 Å². The fourth-order valence-corrected chi connectivity index (χ4v) is 2.22. The second kappa shape index (κ2) is 8.26. The van der Waals surface area contributed by atoms with Gasteiger partial charge < -0.3 is 4.90 Å². The van der Waals surface area contributed by atoms with Crippen molar-refractivity contribution in [3.05, 3.63) is 35.4 Å². The molecule has 2 heteroatoms. The van der Waals surface area contributed by atoms with Gasteiger partial charge in [-0.15, -0.1) is 0 Å². The van der Waals surface area contributed by atoms with Gasteiger partial charge in [-0.2, -0.15) is 0 Å². The summed E-state index contributed by atoms with van der Waals surface area (Å²) in [5, 5.41) is 0. The number of nitrogens with zero attached hydrogens (tertiary/aromatic N) is 1. The molecule has 1 N–H and O–H groups in total. The third-order valence-electron chi connectivity index (χ3n) is 3.09. The first-order chi connectivity index (χ1) is 8.31. The van der Waals surface area contributed by atoms with E-state index in [-0.39, 0.29) is 0 Å². The Hall–Kier alpha value is -0.860. The van der Waals surface area contributed by atoms with Crippen LogP contribution in [0.5, 0.6) is 0 Å². The Morgan fingerprint density at radius 3 is 2.06 bits per heavy atom. The maximum absolute atomic E-state index is 7.52. The summed E-state index contributed by atoms with van der Waals surface area (Å²) in [4.78, 5) is 2.53. The molecule has 0 saturated carbocycles. The molecule has 0 unspecified atom stereocenters. The van der Waals surface area contributed by atoms with Gasteiger partial charge in [0.1, 0.15) is 0 Å². The van der Waals surface area contributed by atoms with Crippen molar-refractivity contribution in [2.75, 3.05) is 19.6 Å². The third kappa shape index (κ3) is 4.88. The molecule has 1 aromatic rings. The van der Waals surface area contributed by atoms with Crippen LogP contribution in [0.3, 0.4) is 0 Å². The normalized spacial score (nSPS) is 11.1. The van der Waals surface area contributed by atoms with Gasteiger partial charge in [-0.3, -0.25) is 5.73 Å². The van der Waals surface area contributed by atoms with Crippen LogP contribution < -0.4 is 5.73 Å². The van der Waals surface area contributed by atoms with Gasteiger partial charge in [-0.1, -0.05) is 38.1 Å². The average molecular weight is 233 g/mol. The summed E-state index contributed by atoms with van der Waals surface area (Å²) in [6.07, 6.45) is 3.52. The summed E-state index contributed by atoms with van der Waals surface area (Å²) >= 11 is 0. The maximum Gasteiger partial charge on any atom is 0.0353 e. The minimum Gasteiger partial charge on any atom is -0.303 e. The van der Waals surface area contributed by atoms with Crippen LogP contribution in [-0.4, -0.2) is 24.5 Å². The first kappa shape index (κ1) is 14.2. The van der Waals surface area contributed by atoms with Crippen LogP contribution in [0.2, 0.25) is 0 Å². The summed E-state index contributed by atoms with van der Waals surface area (Å²) in [6, 6.07) is 8.36. The molecule has 1 aromatic carbocycles. The van der Waals surface area contributed by atoms with Crippen molar-refractivity contribution in [1.29, 1.82) is 0 Å². The lowest BCUT2D eigenvalue weighted by molar-refractivity contribution is 0.278. The highest BCUT2D eigenvalue weighted by molar-refractivity contribution is 5.27. The van der Waals surface area contributed by atoms with Crippen LogP contribution in [0.25, 0.3) is 0 Å². The molecule has 0 atom stereocenters. The number of nitrogens with one attached hydrogen (secondary N) is 1. The highest BCUT2D eigenvalue weighted by atomic mass is 15.1. The van der Waals surface area contributed by atoms with Crippen molar-refractivity contribution in [2.24, 2.45) is 0 Å². The molecule has 0 saturated heterocycles. The summed E-state index contributed by atoms with van der Waals surface area (Å²) in [5.41, 5.74) is 10.0. The van der Waals surface area contributed by atoms with E-state index < -0.39 is 0 Å². The first-order valence-corrected chi connectivity index (χ1v) is 6.75. The molecule has 1 rings (SSSR count). The Morgan fingerprint density at radius 2 is 1.53 bits per heavy atom. The minimum absolute atomic E-state index is 0.401. The fourth-order valence-electron chi connectivity index (χ4n) is 2.22. The number of hydrogen-bond acceptors (Lipinski definition) is 1. The highest BCUT2D eigenvalue weighted by Crippen LogP contribution is 2.10. The molecule has 1 radical (unpaired) electrons. The molecule has 0 bridgehead atoms. The lowest BCUT2D eigenvalue weighted by Crippen LogP contribution is -2.28. The van der Waals surface area contributed by atoms with Gasteiger partial charge in [0, 0.05) is 13.1 Å². The maximum atomic E-state index is 7.52. The van der Waals surface area contributed by atoms with E-state index in [1.54, 1.807) is 0 Å². The zero-order chi connectivity index (χ0) is 12.5. The van der Waals surface area contributed by atoms with Crippen molar-refractivity contribution in [3.63, 3.8) is 0 Å². The Morgan fingerprint density at radius 1 is 0.941 bits per heavy atom. The smallest absolute Gasteiger partial charge is 0.0353 e. The van der Waals surface area contributed by atoms with E-state index in [0.29, 0.717) is 6.54 Å². The molecule has 0 aliphatic heterocycles. The molecule has 0 spiro atoms. The Labute approximate surface area is 106 Å². The number of hydrogen-bond donors (Lipinski definition) is 0. The Balaban J connectivity index is 2.52. The molecule has 17 heavy (non-hydrogen) atoms. The summed E-state index contributed by atoms with van der Waals surface area (Å²) in [6.45, 7) is 8.38. The molecule has 0 aliphatic carbocycles. The quantitative estimate of drug-likeness (QED) is 0.677. The van der Waals surface area contributed by atoms with Gasteiger partial charge in [-0.25, -0.2) is 0 Å². The second-order valence-corrected chi connectivity index (χ2v) is 4.54. The second-order valence-electron chi connectivity index (χ2n) is 4.54. The molecule has 0 amide bonds. The summed E-state index contributed by atoms with van der Waals surface area (Å²) < 4.78 is 0. The molecule has 0 heterocycles. The van der Waals surface area contributed by atoms with Crippen molar-refractivity contribution in [1.82, 2.24) is 10.6 Å². The molecule has 2 nitrogen and oxygen atoms in total. The predicted octanol–water partition coefficient (Wildman–Crippen LogP) is 3.13. The fraction of sp³-hybridized carbons (Fsp3) is 0.600. The Kier molecular flexibility index (Phi) is 6.90. The van der Waals surface area contributed by atoms with E-state index in [1.807, 2.05) is 6.07 Å². The van der Waals surface area contributed by atoms with Gasteiger partial charge >= 0.3 is 0 Å². The lowest BCUT2D eigenvalue weighted by Gasteiger charge is -2.21. The monoisotopic (exact) mass is 233 g/mol. The Bertz CT molecular complexity index is 304. The van der Waals surface area contributed by atoms with Crippen LogP contribution in [0.15, 0.2) is 24.3 Å². The van der Waals surface area contributed by atoms with E-state index in [2.05, 4.69) is 36.9 Å². The molecular weight excluding hydrogens is 208 g/mol. The van der Waals surface area contributed by atoms with Crippen LogP contribution in [0.4, 0.5) is 0 Å². The van der Waals surface area contributed by atoms with Crippen LogP contribution in [0, 0.1) is 0 Å². The van der Waals surface area contributed by atoms with E-state index in [1.165, 1.54) is 37.1 Å².